The topological polar surface area (TPSA) is 43.9 Å². The molecule has 0 radical (unpaired) electrons. The van der Waals surface area contributed by atoms with Crippen LogP contribution in [-0.2, 0) is 0 Å². The van der Waals surface area contributed by atoms with Gasteiger partial charge in [-0.15, -0.1) is 0 Å². The summed E-state index contributed by atoms with van der Waals surface area (Å²) in [5.41, 5.74) is 5.49. The molecule has 0 saturated carbocycles. The highest BCUT2D eigenvalue weighted by atomic mass is 16.3. The van der Waals surface area contributed by atoms with Crippen LogP contribution in [0, 0.1) is 0 Å². The second kappa shape index (κ2) is 5.79. The van der Waals surface area contributed by atoms with Gasteiger partial charge in [-0.1, -0.05) is 42.5 Å². The van der Waals surface area contributed by atoms with Crippen LogP contribution in [0.2, 0.25) is 0 Å². The van der Waals surface area contributed by atoms with Crippen molar-refractivity contribution in [1.29, 1.82) is 0 Å². The van der Waals surface area contributed by atoms with Gasteiger partial charge in [0.1, 0.15) is 11.4 Å². The molecule has 0 spiro atoms. The van der Waals surface area contributed by atoms with Crippen LogP contribution < -0.4 is 0 Å². The number of aromatic nitrogens is 3. The molecule has 0 unspecified atom stereocenters. The Bertz CT molecular complexity index is 1460. The molecule has 6 aromatic rings. The Morgan fingerprint density at radius 1 is 0.714 bits per heavy atom. The van der Waals surface area contributed by atoms with E-state index in [-0.39, 0.29) is 0 Å². The van der Waals surface area contributed by atoms with Crippen LogP contribution in [-0.4, -0.2) is 14.5 Å². The van der Waals surface area contributed by atoms with E-state index in [1.807, 2.05) is 54.6 Å². The molecule has 132 valence electrons. The second-order valence-corrected chi connectivity index (χ2v) is 6.74. The summed E-state index contributed by atoms with van der Waals surface area (Å²) >= 11 is 0. The lowest BCUT2D eigenvalue weighted by Gasteiger charge is -2.09. The van der Waals surface area contributed by atoms with Crippen molar-refractivity contribution < 1.29 is 4.42 Å². The molecule has 4 heteroatoms. The van der Waals surface area contributed by atoms with Gasteiger partial charge in [0, 0.05) is 22.7 Å². The minimum Gasteiger partial charge on any atom is -0.437 e. The second-order valence-electron chi connectivity index (χ2n) is 6.74. The summed E-state index contributed by atoms with van der Waals surface area (Å²) in [5.74, 6) is 0.858. The third-order valence-corrected chi connectivity index (χ3v) is 5.09. The molecule has 3 aromatic heterocycles. The molecule has 0 N–H and O–H groups in total. The van der Waals surface area contributed by atoms with E-state index < -0.39 is 0 Å². The van der Waals surface area contributed by atoms with Crippen LogP contribution in [0.5, 0.6) is 0 Å². The summed E-state index contributed by atoms with van der Waals surface area (Å²) in [6.45, 7) is 0. The fourth-order valence-corrected chi connectivity index (χ4v) is 3.85. The van der Waals surface area contributed by atoms with Crippen molar-refractivity contribution in [3.8, 4) is 17.1 Å². The SMILES string of the molecule is c1ccc(-n2c(-c3cccc4c3oc3ncccc34)nc3ccccc32)cc1. The van der Waals surface area contributed by atoms with Crippen molar-refractivity contribution in [2.75, 3.05) is 0 Å². The minimum absolute atomic E-state index is 0.646. The van der Waals surface area contributed by atoms with E-state index in [1.54, 1.807) is 6.20 Å². The monoisotopic (exact) mass is 361 g/mol. The zero-order valence-electron chi connectivity index (χ0n) is 14.9. The van der Waals surface area contributed by atoms with Gasteiger partial charge in [-0.25, -0.2) is 9.97 Å². The van der Waals surface area contributed by atoms with Gasteiger partial charge >= 0.3 is 0 Å². The average molecular weight is 361 g/mol. The Kier molecular flexibility index (Phi) is 3.14. The fraction of sp³-hybridized carbons (Fsp3) is 0. The van der Waals surface area contributed by atoms with Gasteiger partial charge < -0.3 is 4.42 Å². The molecule has 3 heterocycles. The van der Waals surface area contributed by atoms with Gasteiger partial charge in [0.25, 0.3) is 0 Å². The number of hydrogen-bond acceptors (Lipinski definition) is 3. The first kappa shape index (κ1) is 15.2. The maximum atomic E-state index is 6.16. The molecule has 4 nitrogen and oxygen atoms in total. The predicted octanol–water partition coefficient (Wildman–Crippen LogP) is 5.99. The van der Waals surface area contributed by atoms with Gasteiger partial charge in [0.15, 0.2) is 0 Å². The largest absolute Gasteiger partial charge is 0.437 e. The Balaban J connectivity index is 1.74. The summed E-state index contributed by atoms with van der Waals surface area (Å²) < 4.78 is 8.35. The van der Waals surface area contributed by atoms with Gasteiger partial charge in [-0.2, -0.15) is 0 Å². The lowest BCUT2D eigenvalue weighted by atomic mass is 10.1. The van der Waals surface area contributed by atoms with Crippen molar-refractivity contribution in [2.45, 2.75) is 0 Å². The number of imidazole rings is 1. The molecule has 0 saturated heterocycles. The van der Waals surface area contributed by atoms with Crippen molar-refractivity contribution >= 4 is 33.1 Å². The molecular formula is C24H15N3O. The highest BCUT2D eigenvalue weighted by Crippen LogP contribution is 2.36. The number of para-hydroxylation sites is 4. The van der Waals surface area contributed by atoms with E-state index >= 15 is 0 Å². The maximum absolute atomic E-state index is 6.16. The van der Waals surface area contributed by atoms with E-state index in [2.05, 4.69) is 39.9 Å². The molecule has 0 atom stereocenters. The lowest BCUT2D eigenvalue weighted by Crippen LogP contribution is -1.97. The standard InChI is InChI=1S/C24H15N3O/c1-2-8-16(9-3-1)27-21-14-5-4-13-20(21)26-23(27)19-11-6-10-17-18-12-7-15-25-24(18)28-22(17)19/h1-15H. The molecule has 3 aromatic carbocycles. The van der Waals surface area contributed by atoms with Gasteiger partial charge in [-0.05, 0) is 42.5 Å². The number of benzene rings is 3. The number of rotatable bonds is 2. The first-order chi connectivity index (χ1) is 13.9. The average Bonchev–Trinajstić information content (AvgIpc) is 3.33. The summed E-state index contributed by atoms with van der Waals surface area (Å²) in [7, 11) is 0. The molecule has 0 amide bonds. The molecule has 0 aliphatic rings. The van der Waals surface area contributed by atoms with Crippen LogP contribution in [0.3, 0.4) is 0 Å². The van der Waals surface area contributed by atoms with Crippen LogP contribution in [0.1, 0.15) is 0 Å². The summed E-state index contributed by atoms with van der Waals surface area (Å²) in [6.07, 6.45) is 1.75. The Labute approximate surface area is 160 Å². The van der Waals surface area contributed by atoms with Gasteiger partial charge in [0.05, 0.1) is 16.6 Å². The lowest BCUT2D eigenvalue weighted by molar-refractivity contribution is 0.654. The van der Waals surface area contributed by atoms with Crippen LogP contribution >= 0.6 is 0 Å². The third-order valence-electron chi connectivity index (χ3n) is 5.09. The Hall–Kier alpha value is -3.92. The first-order valence-corrected chi connectivity index (χ1v) is 9.20. The zero-order chi connectivity index (χ0) is 18.5. The molecule has 0 aliphatic carbocycles. The van der Waals surface area contributed by atoms with E-state index in [9.17, 15) is 0 Å². The van der Waals surface area contributed by atoms with Crippen molar-refractivity contribution in [2.24, 2.45) is 0 Å². The van der Waals surface area contributed by atoms with Crippen LogP contribution in [0.25, 0.3) is 50.2 Å². The summed E-state index contributed by atoms with van der Waals surface area (Å²) in [5, 5.41) is 2.06. The fourth-order valence-electron chi connectivity index (χ4n) is 3.85. The maximum Gasteiger partial charge on any atom is 0.227 e. The Morgan fingerprint density at radius 2 is 1.54 bits per heavy atom. The van der Waals surface area contributed by atoms with Crippen LogP contribution in [0.4, 0.5) is 0 Å². The number of pyridine rings is 1. The number of nitrogens with zero attached hydrogens (tertiary/aromatic N) is 3. The third kappa shape index (κ3) is 2.12. The Morgan fingerprint density at radius 3 is 2.46 bits per heavy atom. The normalized spacial score (nSPS) is 11.6. The zero-order valence-corrected chi connectivity index (χ0v) is 14.9. The van der Waals surface area contributed by atoms with Gasteiger partial charge in [0.2, 0.25) is 5.71 Å². The summed E-state index contributed by atoms with van der Waals surface area (Å²) in [4.78, 5) is 9.34. The quantitative estimate of drug-likeness (QED) is 0.381. The summed E-state index contributed by atoms with van der Waals surface area (Å²) in [6, 6.07) is 28.6. The first-order valence-electron chi connectivity index (χ1n) is 9.20. The number of furan rings is 1. The molecule has 0 fully saturated rings. The predicted molar refractivity (Wildman–Crippen MR) is 112 cm³/mol. The molecule has 0 bridgehead atoms. The van der Waals surface area contributed by atoms with E-state index in [1.165, 1.54) is 0 Å². The van der Waals surface area contributed by atoms with Crippen molar-refractivity contribution in [1.82, 2.24) is 14.5 Å². The van der Waals surface area contributed by atoms with Crippen LogP contribution in [0.15, 0.2) is 95.5 Å². The molecule has 0 aliphatic heterocycles. The van der Waals surface area contributed by atoms with E-state index in [0.717, 1.165) is 44.5 Å². The molecule has 6 rings (SSSR count). The van der Waals surface area contributed by atoms with E-state index in [0.29, 0.717) is 5.71 Å². The minimum atomic E-state index is 0.646. The molecular weight excluding hydrogens is 346 g/mol. The molecule has 28 heavy (non-hydrogen) atoms. The van der Waals surface area contributed by atoms with Crippen molar-refractivity contribution in [3.63, 3.8) is 0 Å². The smallest absolute Gasteiger partial charge is 0.227 e. The number of hydrogen-bond donors (Lipinski definition) is 0. The van der Waals surface area contributed by atoms with Gasteiger partial charge in [-0.3, -0.25) is 4.57 Å². The van der Waals surface area contributed by atoms with E-state index in [4.69, 9.17) is 9.40 Å². The highest BCUT2D eigenvalue weighted by Gasteiger charge is 2.19. The van der Waals surface area contributed by atoms with Crippen molar-refractivity contribution in [3.05, 3.63) is 91.1 Å². The highest BCUT2D eigenvalue weighted by molar-refractivity contribution is 6.08. The number of fused-ring (bicyclic) bond motifs is 4.